The first-order valence-electron chi connectivity index (χ1n) is 15.1. The van der Waals surface area contributed by atoms with Crippen molar-refractivity contribution in [3.8, 4) is 22.8 Å². The first kappa shape index (κ1) is 29.9. The lowest BCUT2D eigenvalue weighted by atomic mass is 9.88. The Bertz CT molecular complexity index is 1670. The lowest BCUT2D eigenvalue weighted by molar-refractivity contribution is -0.147. The van der Waals surface area contributed by atoms with E-state index in [-0.39, 0.29) is 17.6 Å². The van der Waals surface area contributed by atoms with E-state index in [9.17, 15) is 23.1 Å². The fourth-order valence-electron chi connectivity index (χ4n) is 6.65. The number of likely N-dealkylation sites (tertiary alicyclic amines) is 1. The van der Waals surface area contributed by atoms with Gasteiger partial charge in [0.1, 0.15) is 17.4 Å². The molecule has 4 aromatic rings. The quantitative estimate of drug-likeness (QED) is 0.227. The van der Waals surface area contributed by atoms with Crippen LogP contribution in [-0.4, -0.2) is 56.6 Å². The predicted molar refractivity (Wildman–Crippen MR) is 160 cm³/mol. The average molecular weight is 605 g/mol. The number of halogens is 3. The van der Waals surface area contributed by atoms with Gasteiger partial charge in [-0.25, -0.2) is 14.5 Å². The molecule has 2 aromatic carbocycles. The van der Waals surface area contributed by atoms with Crippen molar-refractivity contribution in [2.75, 3.05) is 19.6 Å². The molecule has 2 aliphatic rings. The molecule has 0 unspecified atom stereocenters. The molecule has 7 nitrogen and oxygen atoms in total. The van der Waals surface area contributed by atoms with E-state index in [0.29, 0.717) is 43.9 Å². The molecule has 1 saturated heterocycles. The summed E-state index contributed by atoms with van der Waals surface area (Å²) < 4.78 is 46.6. The lowest BCUT2D eigenvalue weighted by Gasteiger charge is -2.32. The van der Waals surface area contributed by atoms with Gasteiger partial charge in [-0.2, -0.15) is 18.3 Å². The Morgan fingerprint density at radius 1 is 1.07 bits per heavy atom. The van der Waals surface area contributed by atoms with Crippen LogP contribution in [0.5, 0.6) is 5.75 Å². The highest BCUT2D eigenvalue weighted by Gasteiger charge is 2.33. The van der Waals surface area contributed by atoms with Gasteiger partial charge in [-0.1, -0.05) is 43.3 Å². The Morgan fingerprint density at radius 3 is 2.55 bits per heavy atom. The van der Waals surface area contributed by atoms with Crippen LogP contribution in [0, 0.1) is 6.92 Å². The molecule has 0 spiro atoms. The molecule has 6 rings (SSSR count). The van der Waals surface area contributed by atoms with E-state index in [1.54, 1.807) is 4.68 Å². The third kappa shape index (κ3) is 6.08. The standard InChI is InChI=1S/C34H35F3N4O3/c1-3-28-26(33(42)43)19-38-41(28)31-9-5-8-27(39-31)25-7-4-6-23-10-13-30(32(23)25)44-29-12-11-24(18-21(29)2)22-14-16-40(17-15-22)20-34(35,36)37/h4-9,11-12,18-19,22,30H,3,10,13-17,20H2,1-2H3,(H,42,43)/t30-/m0/s1. The van der Waals surface area contributed by atoms with E-state index in [1.165, 1.54) is 16.7 Å². The van der Waals surface area contributed by atoms with E-state index in [0.717, 1.165) is 46.5 Å². The summed E-state index contributed by atoms with van der Waals surface area (Å²) in [6.07, 6.45) is 0.646. The van der Waals surface area contributed by atoms with Gasteiger partial charge in [0, 0.05) is 11.1 Å². The Balaban J connectivity index is 1.22. The molecular formula is C34H35F3N4O3. The molecular weight excluding hydrogens is 569 g/mol. The molecule has 2 aromatic heterocycles. The maximum absolute atomic E-state index is 12.8. The third-order valence-electron chi connectivity index (χ3n) is 8.79. The van der Waals surface area contributed by atoms with Crippen molar-refractivity contribution < 1.29 is 27.8 Å². The van der Waals surface area contributed by atoms with E-state index in [1.807, 2.05) is 50.2 Å². The predicted octanol–water partition coefficient (Wildman–Crippen LogP) is 7.31. The summed E-state index contributed by atoms with van der Waals surface area (Å²) in [6, 6.07) is 18.0. The number of carboxylic acids is 1. The van der Waals surface area contributed by atoms with Gasteiger partial charge >= 0.3 is 12.1 Å². The second-order valence-corrected chi connectivity index (χ2v) is 11.7. The van der Waals surface area contributed by atoms with Crippen molar-refractivity contribution in [2.24, 2.45) is 0 Å². The largest absolute Gasteiger partial charge is 0.485 e. The highest BCUT2D eigenvalue weighted by Crippen LogP contribution is 2.42. The number of hydrogen-bond donors (Lipinski definition) is 1. The van der Waals surface area contributed by atoms with Crippen molar-refractivity contribution >= 4 is 5.97 Å². The number of aryl methyl sites for hydroxylation is 2. The normalized spacial score (nSPS) is 17.5. The molecule has 44 heavy (non-hydrogen) atoms. The fraction of sp³-hybridized carbons (Fsp3) is 0.382. The summed E-state index contributed by atoms with van der Waals surface area (Å²) in [7, 11) is 0. The zero-order chi connectivity index (χ0) is 31.0. The first-order chi connectivity index (χ1) is 21.1. The van der Waals surface area contributed by atoms with Gasteiger partial charge < -0.3 is 9.84 Å². The minimum absolute atomic E-state index is 0.169. The molecule has 1 fully saturated rings. The van der Waals surface area contributed by atoms with Crippen molar-refractivity contribution in [1.29, 1.82) is 0 Å². The lowest BCUT2D eigenvalue weighted by Crippen LogP contribution is -2.39. The first-order valence-corrected chi connectivity index (χ1v) is 15.1. The number of nitrogens with zero attached hydrogens (tertiary/aromatic N) is 4. The SMILES string of the molecule is CCc1c(C(=O)O)cnn1-c1cccc(-c2cccc3c2[C@@H](Oc2ccc(C4CCN(CC(F)(F)F)CC4)cc2C)CC3)n1. The highest BCUT2D eigenvalue weighted by atomic mass is 19.4. The number of rotatable bonds is 8. The molecule has 3 heterocycles. The van der Waals surface area contributed by atoms with Crippen molar-refractivity contribution in [3.63, 3.8) is 0 Å². The summed E-state index contributed by atoms with van der Waals surface area (Å²) >= 11 is 0. The molecule has 10 heteroatoms. The van der Waals surface area contributed by atoms with Crippen LogP contribution in [0.25, 0.3) is 17.1 Å². The number of carbonyl (C=O) groups is 1. The van der Waals surface area contributed by atoms with Crippen LogP contribution in [0.4, 0.5) is 13.2 Å². The van der Waals surface area contributed by atoms with Gasteiger partial charge in [0.2, 0.25) is 0 Å². The number of aromatic nitrogens is 3. The topological polar surface area (TPSA) is 80.5 Å². The molecule has 0 bridgehead atoms. The molecule has 1 aliphatic heterocycles. The summed E-state index contributed by atoms with van der Waals surface area (Å²) in [5.74, 6) is 0.567. The molecule has 0 amide bonds. The van der Waals surface area contributed by atoms with Crippen LogP contribution in [0.3, 0.4) is 0 Å². The number of alkyl halides is 3. The molecule has 0 radical (unpaired) electrons. The summed E-state index contributed by atoms with van der Waals surface area (Å²) in [5.41, 5.74) is 6.94. The molecule has 1 N–H and O–H groups in total. The van der Waals surface area contributed by atoms with Crippen molar-refractivity contribution in [2.45, 2.75) is 64.1 Å². The second-order valence-electron chi connectivity index (χ2n) is 11.7. The minimum atomic E-state index is -4.16. The van der Waals surface area contributed by atoms with Gasteiger partial charge in [-0.05, 0) is 92.9 Å². The number of carboxylic acid groups (broad SMARTS) is 1. The second kappa shape index (κ2) is 12.1. The number of fused-ring (bicyclic) bond motifs is 1. The molecule has 230 valence electrons. The van der Waals surface area contributed by atoms with Crippen LogP contribution >= 0.6 is 0 Å². The van der Waals surface area contributed by atoms with Crippen LogP contribution in [-0.2, 0) is 12.8 Å². The Morgan fingerprint density at radius 2 is 1.84 bits per heavy atom. The number of aromatic carboxylic acids is 1. The van der Waals surface area contributed by atoms with E-state index in [2.05, 4.69) is 23.3 Å². The zero-order valence-corrected chi connectivity index (χ0v) is 24.8. The van der Waals surface area contributed by atoms with Crippen molar-refractivity contribution in [1.82, 2.24) is 19.7 Å². The number of hydrogen-bond acceptors (Lipinski definition) is 5. The van der Waals surface area contributed by atoms with Gasteiger partial charge in [-0.15, -0.1) is 0 Å². The Labute approximate surface area is 254 Å². The summed E-state index contributed by atoms with van der Waals surface area (Å²) in [5, 5.41) is 13.9. The average Bonchev–Trinajstić information content (AvgIpc) is 3.62. The summed E-state index contributed by atoms with van der Waals surface area (Å²) in [4.78, 5) is 18.1. The fourth-order valence-corrected chi connectivity index (χ4v) is 6.65. The third-order valence-corrected chi connectivity index (χ3v) is 8.79. The van der Waals surface area contributed by atoms with Gasteiger partial charge in [0.05, 0.1) is 24.1 Å². The smallest absolute Gasteiger partial charge is 0.401 e. The van der Waals surface area contributed by atoms with Crippen LogP contribution in [0.1, 0.15) is 76.5 Å². The molecule has 0 saturated carbocycles. The number of piperidine rings is 1. The van der Waals surface area contributed by atoms with Crippen LogP contribution in [0.2, 0.25) is 0 Å². The minimum Gasteiger partial charge on any atom is -0.485 e. The van der Waals surface area contributed by atoms with E-state index < -0.39 is 18.7 Å². The Hall–Kier alpha value is -4.18. The Kier molecular flexibility index (Phi) is 8.20. The van der Waals surface area contributed by atoms with Gasteiger partial charge in [0.15, 0.2) is 5.82 Å². The van der Waals surface area contributed by atoms with Crippen LogP contribution < -0.4 is 4.74 Å². The number of ether oxygens (including phenoxy) is 1. The zero-order valence-electron chi connectivity index (χ0n) is 24.8. The van der Waals surface area contributed by atoms with Crippen LogP contribution in [0.15, 0.2) is 60.8 Å². The maximum atomic E-state index is 12.8. The number of pyridine rings is 1. The van der Waals surface area contributed by atoms with E-state index in [4.69, 9.17) is 9.72 Å². The number of benzene rings is 2. The molecule has 1 aliphatic carbocycles. The monoisotopic (exact) mass is 604 g/mol. The van der Waals surface area contributed by atoms with Gasteiger partial charge in [0.25, 0.3) is 0 Å². The van der Waals surface area contributed by atoms with Gasteiger partial charge in [-0.3, -0.25) is 4.90 Å². The summed E-state index contributed by atoms with van der Waals surface area (Å²) in [6.45, 7) is 3.96. The molecule has 1 atom stereocenters. The van der Waals surface area contributed by atoms with Crippen molar-refractivity contribution in [3.05, 3.63) is 94.3 Å². The van der Waals surface area contributed by atoms with E-state index >= 15 is 0 Å². The highest BCUT2D eigenvalue weighted by molar-refractivity contribution is 5.88. The maximum Gasteiger partial charge on any atom is 0.401 e.